The highest BCUT2D eigenvalue weighted by molar-refractivity contribution is 7.09. The van der Waals surface area contributed by atoms with E-state index in [1.54, 1.807) is 11.3 Å². The first-order valence-corrected chi connectivity index (χ1v) is 9.22. The predicted molar refractivity (Wildman–Crippen MR) is 89.5 cm³/mol. The van der Waals surface area contributed by atoms with E-state index in [2.05, 4.69) is 20.2 Å². The monoisotopic (exact) mass is 336 g/mol. The average molecular weight is 336 g/mol. The number of carbonyl (C=O) groups is 1. The van der Waals surface area contributed by atoms with Crippen LogP contribution in [0, 0.1) is 13.8 Å². The molecule has 0 spiro atoms. The number of amides is 1. The van der Waals surface area contributed by atoms with E-state index in [0.29, 0.717) is 5.69 Å². The summed E-state index contributed by atoms with van der Waals surface area (Å²) in [6.07, 6.45) is 0.998. The summed E-state index contributed by atoms with van der Waals surface area (Å²) in [5.74, 6) is 0.0655. The molecule has 1 aliphatic rings. The van der Waals surface area contributed by atoms with Gasteiger partial charge < -0.3 is 4.90 Å². The molecule has 7 heteroatoms. The normalized spacial score (nSPS) is 16.7. The minimum atomic E-state index is 0.0655. The summed E-state index contributed by atoms with van der Waals surface area (Å²) >= 11 is 3.22. The molecular weight excluding hydrogens is 316 g/mol. The Morgan fingerprint density at radius 2 is 1.86 bits per heavy atom. The quantitative estimate of drug-likeness (QED) is 0.864. The molecule has 0 saturated carbocycles. The molecule has 0 aromatic carbocycles. The van der Waals surface area contributed by atoms with Crippen LogP contribution in [-0.2, 0) is 6.54 Å². The minimum Gasteiger partial charge on any atom is -0.336 e. The van der Waals surface area contributed by atoms with Gasteiger partial charge in [0.1, 0.15) is 5.69 Å². The Kier molecular flexibility index (Phi) is 4.85. The highest BCUT2D eigenvalue weighted by atomic mass is 32.1. The molecule has 0 atom stereocenters. The van der Waals surface area contributed by atoms with Gasteiger partial charge in [-0.05, 0) is 20.3 Å². The maximum atomic E-state index is 12.5. The summed E-state index contributed by atoms with van der Waals surface area (Å²) in [7, 11) is 0. The molecule has 0 radical (unpaired) electrons. The first kappa shape index (κ1) is 15.6. The van der Waals surface area contributed by atoms with Crippen LogP contribution in [0.5, 0.6) is 0 Å². The number of hydrogen-bond donors (Lipinski definition) is 0. The summed E-state index contributed by atoms with van der Waals surface area (Å²) in [5.41, 5.74) is 1.73. The molecule has 2 aromatic rings. The summed E-state index contributed by atoms with van der Waals surface area (Å²) in [4.78, 5) is 25.6. The molecule has 0 bridgehead atoms. The summed E-state index contributed by atoms with van der Waals surface area (Å²) in [6.45, 7) is 8.32. The second-order valence-electron chi connectivity index (χ2n) is 5.53. The number of thiazole rings is 2. The lowest BCUT2D eigenvalue weighted by molar-refractivity contribution is 0.0756. The fraction of sp³-hybridized carbons (Fsp3) is 0.533. The van der Waals surface area contributed by atoms with E-state index in [1.165, 1.54) is 11.3 Å². The number of carbonyl (C=O) groups excluding carboxylic acids is 1. The molecule has 1 amide bonds. The van der Waals surface area contributed by atoms with Crippen molar-refractivity contribution < 1.29 is 4.79 Å². The molecule has 3 heterocycles. The lowest BCUT2D eigenvalue weighted by atomic mass is 10.3. The average Bonchev–Trinajstić information content (AvgIpc) is 3.02. The van der Waals surface area contributed by atoms with Gasteiger partial charge >= 0.3 is 0 Å². The Labute approximate surface area is 138 Å². The molecule has 0 unspecified atom stereocenters. The highest BCUT2D eigenvalue weighted by Gasteiger charge is 2.22. The molecule has 3 rings (SSSR count). The van der Waals surface area contributed by atoms with Crippen molar-refractivity contribution in [1.82, 2.24) is 19.8 Å². The Morgan fingerprint density at radius 1 is 1.09 bits per heavy atom. The number of aromatic nitrogens is 2. The van der Waals surface area contributed by atoms with E-state index in [-0.39, 0.29) is 5.91 Å². The van der Waals surface area contributed by atoms with Crippen LogP contribution in [0.25, 0.3) is 0 Å². The molecule has 0 aliphatic carbocycles. The van der Waals surface area contributed by atoms with Crippen molar-refractivity contribution >= 4 is 28.6 Å². The molecule has 0 N–H and O–H groups in total. The van der Waals surface area contributed by atoms with Crippen LogP contribution in [0.1, 0.15) is 32.6 Å². The van der Waals surface area contributed by atoms with Gasteiger partial charge in [0, 0.05) is 43.5 Å². The van der Waals surface area contributed by atoms with Crippen molar-refractivity contribution in [2.45, 2.75) is 26.8 Å². The van der Waals surface area contributed by atoms with Gasteiger partial charge in [0.05, 0.1) is 15.7 Å². The number of rotatable bonds is 3. The first-order chi connectivity index (χ1) is 10.6. The highest BCUT2D eigenvalue weighted by Crippen LogP contribution is 2.15. The standard InChI is InChI=1S/C15H20N4OS2/c1-11-16-13(9-21-11)8-18-4-3-5-19(7-6-18)15(20)14-10-22-12(2)17-14/h9-10H,3-8H2,1-2H3. The third-order valence-corrected chi connectivity index (χ3v) is 5.36. The van der Waals surface area contributed by atoms with Crippen LogP contribution >= 0.6 is 22.7 Å². The molecule has 2 aromatic heterocycles. The fourth-order valence-electron chi connectivity index (χ4n) is 2.67. The topological polar surface area (TPSA) is 49.3 Å². The smallest absolute Gasteiger partial charge is 0.273 e. The largest absolute Gasteiger partial charge is 0.336 e. The molecule has 1 aliphatic heterocycles. The van der Waals surface area contributed by atoms with Gasteiger partial charge in [-0.25, -0.2) is 9.97 Å². The Balaban J connectivity index is 1.58. The fourth-order valence-corrected chi connectivity index (χ4v) is 3.86. The molecule has 1 fully saturated rings. The van der Waals surface area contributed by atoms with Crippen LogP contribution in [-0.4, -0.2) is 51.9 Å². The Morgan fingerprint density at radius 3 is 2.55 bits per heavy atom. The van der Waals surface area contributed by atoms with Crippen molar-refractivity contribution in [2.24, 2.45) is 0 Å². The molecule has 5 nitrogen and oxygen atoms in total. The molecule has 1 saturated heterocycles. The molecular formula is C15H20N4OS2. The second-order valence-corrected chi connectivity index (χ2v) is 7.66. The third kappa shape index (κ3) is 3.71. The van der Waals surface area contributed by atoms with Crippen molar-refractivity contribution in [3.8, 4) is 0 Å². The van der Waals surface area contributed by atoms with E-state index < -0.39 is 0 Å². The van der Waals surface area contributed by atoms with Crippen molar-refractivity contribution in [1.29, 1.82) is 0 Å². The Hall–Kier alpha value is -1.31. The summed E-state index contributed by atoms with van der Waals surface area (Å²) < 4.78 is 0. The van der Waals surface area contributed by atoms with Gasteiger partial charge in [0.2, 0.25) is 0 Å². The van der Waals surface area contributed by atoms with E-state index in [4.69, 9.17) is 0 Å². The van der Waals surface area contributed by atoms with E-state index in [9.17, 15) is 4.79 Å². The molecule has 118 valence electrons. The lowest BCUT2D eigenvalue weighted by Crippen LogP contribution is -2.35. The maximum absolute atomic E-state index is 12.5. The van der Waals surface area contributed by atoms with E-state index in [1.807, 2.05) is 24.1 Å². The zero-order valence-corrected chi connectivity index (χ0v) is 14.5. The SMILES string of the molecule is Cc1nc(CN2CCCN(C(=O)c3csc(C)n3)CC2)cs1. The summed E-state index contributed by atoms with van der Waals surface area (Å²) in [5, 5.41) is 6.04. The Bertz CT molecular complexity index is 652. The zero-order chi connectivity index (χ0) is 15.5. The predicted octanol–water partition coefficient (Wildman–Crippen LogP) is 2.56. The number of nitrogens with zero attached hydrogens (tertiary/aromatic N) is 4. The van der Waals surface area contributed by atoms with Gasteiger partial charge in [-0.1, -0.05) is 0 Å². The van der Waals surface area contributed by atoms with Crippen LogP contribution in [0.2, 0.25) is 0 Å². The van der Waals surface area contributed by atoms with Gasteiger partial charge in [0.15, 0.2) is 0 Å². The first-order valence-electron chi connectivity index (χ1n) is 7.46. The second kappa shape index (κ2) is 6.85. The van der Waals surface area contributed by atoms with Gasteiger partial charge in [0.25, 0.3) is 5.91 Å². The van der Waals surface area contributed by atoms with Crippen molar-refractivity contribution in [3.63, 3.8) is 0 Å². The summed E-state index contributed by atoms with van der Waals surface area (Å²) in [6, 6.07) is 0. The number of aryl methyl sites for hydroxylation is 2. The number of hydrogen-bond acceptors (Lipinski definition) is 6. The minimum absolute atomic E-state index is 0.0655. The lowest BCUT2D eigenvalue weighted by Gasteiger charge is -2.20. The van der Waals surface area contributed by atoms with Gasteiger partial charge in [-0.15, -0.1) is 22.7 Å². The van der Waals surface area contributed by atoms with Crippen LogP contribution < -0.4 is 0 Å². The van der Waals surface area contributed by atoms with Gasteiger partial charge in [-0.3, -0.25) is 9.69 Å². The van der Waals surface area contributed by atoms with Crippen molar-refractivity contribution in [2.75, 3.05) is 26.2 Å². The van der Waals surface area contributed by atoms with Crippen LogP contribution in [0.15, 0.2) is 10.8 Å². The van der Waals surface area contributed by atoms with Crippen LogP contribution in [0.3, 0.4) is 0 Å². The third-order valence-electron chi connectivity index (χ3n) is 3.77. The van der Waals surface area contributed by atoms with Crippen LogP contribution in [0.4, 0.5) is 0 Å². The van der Waals surface area contributed by atoms with E-state index in [0.717, 1.165) is 54.9 Å². The zero-order valence-electron chi connectivity index (χ0n) is 12.9. The molecule has 22 heavy (non-hydrogen) atoms. The van der Waals surface area contributed by atoms with E-state index >= 15 is 0 Å². The van der Waals surface area contributed by atoms with Gasteiger partial charge in [-0.2, -0.15) is 0 Å². The van der Waals surface area contributed by atoms with Crippen molar-refractivity contribution in [3.05, 3.63) is 32.2 Å². The maximum Gasteiger partial charge on any atom is 0.273 e.